The van der Waals surface area contributed by atoms with Crippen molar-refractivity contribution in [1.29, 1.82) is 0 Å². The van der Waals surface area contributed by atoms with Crippen LogP contribution in [0.15, 0.2) is 66.7 Å². The first-order chi connectivity index (χ1) is 18.7. The van der Waals surface area contributed by atoms with Crippen molar-refractivity contribution in [2.75, 3.05) is 13.2 Å². The fraction of sp³-hybridized carbons (Fsp3) is 0.333. The monoisotopic (exact) mass is 541 g/mol. The Hall–Kier alpha value is -3.85. The van der Waals surface area contributed by atoms with Gasteiger partial charge >= 0.3 is 18.1 Å². The number of carboxylic acids is 1. The smallest absolute Gasteiger partial charge is 0.416 e. The Morgan fingerprint density at radius 3 is 2.41 bits per heavy atom. The summed E-state index contributed by atoms with van der Waals surface area (Å²) < 4.78 is 51.9. The van der Waals surface area contributed by atoms with E-state index >= 15 is 0 Å². The molecule has 0 bridgehead atoms. The van der Waals surface area contributed by atoms with Crippen molar-refractivity contribution in [2.24, 2.45) is 5.92 Å². The molecule has 39 heavy (non-hydrogen) atoms. The number of hydrogen-bond donors (Lipinski definition) is 2. The Labute approximate surface area is 224 Å². The summed E-state index contributed by atoms with van der Waals surface area (Å²) in [5, 5.41) is 12.3. The molecule has 0 atom stereocenters. The van der Waals surface area contributed by atoms with Crippen LogP contribution in [0.5, 0.6) is 5.75 Å². The number of halogens is 3. The summed E-state index contributed by atoms with van der Waals surface area (Å²) >= 11 is 0. The van der Waals surface area contributed by atoms with Crippen molar-refractivity contribution in [3.05, 3.63) is 89.0 Å². The first-order valence-corrected chi connectivity index (χ1v) is 12.8. The number of carboxylic acid groups (broad SMARTS) is 1. The van der Waals surface area contributed by atoms with Gasteiger partial charge in [0.25, 0.3) is 0 Å². The molecule has 206 valence electrons. The summed E-state index contributed by atoms with van der Waals surface area (Å²) in [6.45, 7) is 0.891. The van der Waals surface area contributed by atoms with Crippen LogP contribution in [0.3, 0.4) is 0 Å². The molecule has 6 nitrogen and oxygen atoms in total. The van der Waals surface area contributed by atoms with Gasteiger partial charge in [0.2, 0.25) is 0 Å². The Kier molecular flexibility index (Phi) is 9.24. The minimum absolute atomic E-state index is 0.0466. The summed E-state index contributed by atoms with van der Waals surface area (Å²) in [5.74, 6) is -0.498. The number of carbonyl (C=O) groups is 2. The molecule has 0 radical (unpaired) electrons. The van der Waals surface area contributed by atoms with Gasteiger partial charge in [-0.3, -0.25) is 9.59 Å². The van der Waals surface area contributed by atoms with E-state index in [0.717, 1.165) is 30.5 Å². The molecule has 2 N–H and O–H groups in total. The molecule has 0 aliphatic heterocycles. The lowest BCUT2D eigenvalue weighted by molar-refractivity contribution is -0.145. The number of aliphatic carboxylic acids is 1. The first kappa shape index (κ1) is 28.2. The topological polar surface area (TPSA) is 84.9 Å². The highest BCUT2D eigenvalue weighted by Crippen LogP contribution is 2.38. The van der Waals surface area contributed by atoms with E-state index in [1.807, 2.05) is 30.3 Å². The third kappa shape index (κ3) is 8.58. The highest BCUT2D eigenvalue weighted by Gasteiger charge is 2.31. The third-order valence-electron chi connectivity index (χ3n) is 6.36. The molecule has 0 heterocycles. The Morgan fingerprint density at radius 2 is 1.72 bits per heavy atom. The maximum absolute atomic E-state index is 13.6. The van der Waals surface area contributed by atoms with Gasteiger partial charge in [0.05, 0.1) is 25.0 Å². The van der Waals surface area contributed by atoms with E-state index in [-0.39, 0.29) is 32.5 Å². The van der Waals surface area contributed by atoms with Crippen LogP contribution in [-0.4, -0.2) is 30.2 Å². The lowest BCUT2D eigenvalue weighted by atomic mass is 9.94. The predicted molar refractivity (Wildman–Crippen MR) is 139 cm³/mol. The average molecular weight is 542 g/mol. The summed E-state index contributed by atoms with van der Waals surface area (Å²) in [4.78, 5) is 23.4. The van der Waals surface area contributed by atoms with E-state index in [1.165, 1.54) is 6.07 Å². The number of carbonyl (C=O) groups excluding carboxylic acids is 1. The number of hydrogen-bond acceptors (Lipinski definition) is 5. The van der Waals surface area contributed by atoms with E-state index in [2.05, 4.69) is 5.32 Å². The van der Waals surface area contributed by atoms with Crippen molar-refractivity contribution < 1.29 is 37.3 Å². The molecule has 3 aromatic rings. The molecule has 1 aliphatic rings. The molecule has 0 amide bonds. The number of alkyl halides is 3. The Balaban J connectivity index is 1.50. The number of benzene rings is 3. The van der Waals surface area contributed by atoms with Crippen molar-refractivity contribution >= 4 is 11.9 Å². The van der Waals surface area contributed by atoms with Crippen molar-refractivity contribution in [1.82, 2.24) is 5.32 Å². The summed E-state index contributed by atoms with van der Waals surface area (Å²) in [5.41, 5.74) is 1.95. The van der Waals surface area contributed by atoms with E-state index in [1.54, 1.807) is 18.2 Å². The number of esters is 1. The summed E-state index contributed by atoms with van der Waals surface area (Å²) in [7, 11) is 0. The summed E-state index contributed by atoms with van der Waals surface area (Å²) in [6, 6.07) is 17.7. The van der Waals surface area contributed by atoms with Gasteiger partial charge in [-0.05, 0) is 65.3 Å². The molecule has 1 fully saturated rings. The van der Waals surface area contributed by atoms with Crippen LogP contribution in [0.2, 0.25) is 0 Å². The van der Waals surface area contributed by atoms with Crippen LogP contribution >= 0.6 is 0 Å². The second-order valence-electron chi connectivity index (χ2n) is 9.60. The van der Waals surface area contributed by atoms with Gasteiger partial charge in [0, 0.05) is 18.7 Å². The van der Waals surface area contributed by atoms with Gasteiger partial charge in [-0.2, -0.15) is 13.2 Å². The molecule has 1 aliphatic carbocycles. The molecule has 1 saturated carbocycles. The molecule has 0 spiro atoms. The first-order valence-electron chi connectivity index (χ1n) is 12.8. The minimum Gasteiger partial charge on any atom is -0.493 e. The molecule has 4 rings (SSSR count). The third-order valence-corrected chi connectivity index (χ3v) is 6.36. The van der Waals surface area contributed by atoms with Crippen molar-refractivity contribution in [2.45, 2.75) is 45.0 Å². The molecule has 0 saturated heterocycles. The zero-order chi connectivity index (χ0) is 27.8. The van der Waals surface area contributed by atoms with Crippen LogP contribution in [0, 0.1) is 5.92 Å². The lowest BCUT2D eigenvalue weighted by Crippen LogP contribution is -2.20. The largest absolute Gasteiger partial charge is 0.493 e. The predicted octanol–water partition coefficient (Wildman–Crippen LogP) is 6.01. The van der Waals surface area contributed by atoms with Gasteiger partial charge in [-0.15, -0.1) is 0 Å². The average Bonchev–Trinajstić information content (AvgIpc) is 3.73. The lowest BCUT2D eigenvalue weighted by Gasteiger charge is -2.18. The van der Waals surface area contributed by atoms with Crippen LogP contribution in [0.1, 0.15) is 41.5 Å². The van der Waals surface area contributed by atoms with Crippen molar-refractivity contribution in [3.63, 3.8) is 0 Å². The van der Waals surface area contributed by atoms with Gasteiger partial charge < -0.3 is 19.9 Å². The van der Waals surface area contributed by atoms with Gasteiger partial charge in [0.15, 0.2) is 0 Å². The zero-order valence-corrected chi connectivity index (χ0v) is 21.3. The van der Waals surface area contributed by atoms with Crippen LogP contribution in [-0.2, 0) is 40.1 Å². The number of nitrogens with one attached hydrogen (secondary N) is 1. The fourth-order valence-corrected chi connectivity index (χ4v) is 4.09. The molecule has 3 aromatic carbocycles. The quantitative estimate of drug-likeness (QED) is 0.204. The van der Waals surface area contributed by atoms with E-state index in [9.17, 15) is 27.9 Å². The van der Waals surface area contributed by atoms with Gasteiger partial charge in [-0.25, -0.2) is 0 Å². The van der Waals surface area contributed by atoms with Crippen LogP contribution < -0.4 is 10.1 Å². The molecular formula is C30H30F3NO5. The number of rotatable bonds is 13. The molecule has 0 aromatic heterocycles. The minimum atomic E-state index is -4.54. The van der Waals surface area contributed by atoms with E-state index in [0.29, 0.717) is 40.5 Å². The molecular weight excluding hydrogens is 511 g/mol. The van der Waals surface area contributed by atoms with Gasteiger partial charge in [-0.1, -0.05) is 42.5 Å². The molecule has 0 unspecified atom stereocenters. The highest BCUT2D eigenvalue weighted by molar-refractivity contribution is 5.77. The van der Waals surface area contributed by atoms with E-state index in [4.69, 9.17) is 9.47 Å². The highest BCUT2D eigenvalue weighted by atomic mass is 19.4. The normalized spacial score (nSPS) is 13.2. The standard InChI is InChI=1S/C30H30F3NO5/c31-30(32,33)24-9-10-25(26-14-22(15-28(35)36)8-11-27(26)38-18-21-6-7-21)23(16-24)17-34-13-12-29(37)39-19-20-4-2-1-3-5-20/h1-5,8-11,14,16,21,34H,6-7,12-13,15,17-19H2,(H,35,36). The second-order valence-corrected chi connectivity index (χ2v) is 9.60. The molecule has 9 heteroatoms. The second kappa shape index (κ2) is 12.8. The van der Waals surface area contributed by atoms with Crippen LogP contribution in [0.4, 0.5) is 13.2 Å². The summed E-state index contributed by atoms with van der Waals surface area (Å²) in [6.07, 6.45) is -2.59. The maximum atomic E-state index is 13.6. The Morgan fingerprint density at radius 1 is 0.949 bits per heavy atom. The zero-order valence-electron chi connectivity index (χ0n) is 21.3. The van der Waals surface area contributed by atoms with Crippen LogP contribution in [0.25, 0.3) is 11.1 Å². The van der Waals surface area contributed by atoms with E-state index < -0.39 is 23.7 Å². The Bertz CT molecular complexity index is 1290. The SMILES string of the molecule is O=C(O)Cc1ccc(OCC2CC2)c(-c2ccc(C(F)(F)F)cc2CNCCC(=O)OCc2ccccc2)c1. The fourth-order valence-electron chi connectivity index (χ4n) is 4.09. The maximum Gasteiger partial charge on any atom is 0.416 e. The van der Waals surface area contributed by atoms with Crippen molar-refractivity contribution in [3.8, 4) is 16.9 Å². The number of ether oxygens (including phenoxy) is 2. The van der Waals surface area contributed by atoms with Gasteiger partial charge in [0.1, 0.15) is 12.4 Å².